The summed E-state index contributed by atoms with van der Waals surface area (Å²) in [6, 6.07) is 6.31. The van der Waals surface area contributed by atoms with E-state index >= 15 is 0 Å². The summed E-state index contributed by atoms with van der Waals surface area (Å²) in [5.74, 6) is 0.513. The van der Waals surface area contributed by atoms with Crippen LogP contribution in [0.15, 0.2) is 41.6 Å². The Balaban J connectivity index is 1.62. The van der Waals surface area contributed by atoms with Gasteiger partial charge in [-0.05, 0) is 37.1 Å². The summed E-state index contributed by atoms with van der Waals surface area (Å²) in [5.41, 5.74) is 0.482. The molecule has 1 aliphatic rings. The van der Waals surface area contributed by atoms with Crippen molar-refractivity contribution in [3.05, 3.63) is 47.2 Å². The molecule has 2 heterocycles. The first-order valence-corrected chi connectivity index (χ1v) is 11.0. The fraction of sp³-hybridized carbons (Fsp3) is 0.421. The normalized spacial score (nSPS) is 15.6. The third-order valence-electron chi connectivity index (χ3n) is 5.10. The zero-order valence-corrected chi connectivity index (χ0v) is 18.2. The van der Waals surface area contributed by atoms with Crippen LogP contribution in [0.2, 0.25) is 5.02 Å². The molecule has 1 aromatic heterocycles. The maximum atomic E-state index is 12.8. The number of benzene rings is 1. The van der Waals surface area contributed by atoms with Crippen LogP contribution in [0, 0.1) is 0 Å². The quantitative estimate of drug-likeness (QED) is 0.712. The molecule has 0 aliphatic carbocycles. The van der Waals surface area contributed by atoms with Gasteiger partial charge in [0, 0.05) is 45.8 Å². The molecular weight excluding hydrogens is 414 g/mol. The van der Waals surface area contributed by atoms with Crippen molar-refractivity contribution in [3.8, 4) is 0 Å². The van der Waals surface area contributed by atoms with Crippen LogP contribution in [-0.4, -0.2) is 73.8 Å². The summed E-state index contributed by atoms with van der Waals surface area (Å²) in [4.78, 5) is 25.3. The molecule has 0 bridgehead atoms. The molecule has 2 aromatic rings. The van der Waals surface area contributed by atoms with Gasteiger partial charge in [-0.25, -0.2) is 22.7 Å². The van der Waals surface area contributed by atoms with Crippen molar-refractivity contribution in [3.63, 3.8) is 0 Å². The number of rotatable bonds is 5. The molecule has 1 amide bonds. The molecule has 0 atom stereocenters. The lowest BCUT2D eigenvalue weighted by atomic mass is 10.0. The molecule has 8 nitrogen and oxygen atoms in total. The Labute approximate surface area is 176 Å². The summed E-state index contributed by atoms with van der Waals surface area (Å²) in [7, 11) is 1.39. The van der Waals surface area contributed by atoms with Crippen molar-refractivity contribution in [1.29, 1.82) is 0 Å². The van der Waals surface area contributed by atoms with Gasteiger partial charge in [-0.15, -0.1) is 0 Å². The number of carbonyl (C=O) groups excluding carboxylic acids is 1. The van der Waals surface area contributed by atoms with E-state index in [1.165, 1.54) is 26.2 Å². The Morgan fingerprint density at radius 2 is 1.62 bits per heavy atom. The third kappa shape index (κ3) is 4.68. The number of halogens is 1. The van der Waals surface area contributed by atoms with Crippen LogP contribution >= 0.6 is 11.6 Å². The lowest BCUT2D eigenvalue weighted by Gasteiger charge is -2.36. The number of hydrogen-bond donors (Lipinski definition) is 0. The molecule has 0 saturated carbocycles. The van der Waals surface area contributed by atoms with Crippen molar-refractivity contribution >= 4 is 33.5 Å². The van der Waals surface area contributed by atoms with Gasteiger partial charge in [0.25, 0.3) is 5.91 Å². The molecule has 1 aliphatic heterocycles. The minimum absolute atomic E-state index is 0.0948. The van der Waals surface area contributed by atoms with E-state index in [1.807, 2.05) is 11.9 Å². The second kappa shape index (κ2) is 8.64. The number of amides is 1. The SMILES string of the molecule is CN(c1ncc(Cl)cn1)C1CCN(C(=O)c2ccc(S(=O)(=O)N(C)C)cc2)CC1. The number of hydrogen-bond acceptors (Lipinski definition) is 6. The molecular formula is C19H24ClN5O3S. The zero-order chi connectivity index (χ0) is 21.2. The second-order valence-electron chi connectivity index (χ2n) is 7.15. The Morgan fingerprint density at radius 1 is 1.07 bits per heavy atom. The fourth-order valence-electron chi connectivity index (χ4n) is 3.27. The highest BCUT2D eigenvalue weighted by atomic mass is 35.5. The molecule has 1 aromatic carbocycles. The molecule has 10 heteroatoms. The Morgan fingerprint density at radius 3 is 2.14 bits per heavy atom. The Hall–Kier alpha value is -2.23. The minimum Gasteiger partial charge on any atom is -0.341 e. The summed E-state index contributed by atoms with van der Waals surface area (Å²) >= 11 is 5.84. The topological polar surface area (TPSA) is 86.7 Å². The molecule has 0 radical (unpaired) electrons. The highest BCUT2D eigenvalue weighted by molar-refractivity contribution is 7.89. The van der Waals surface area contributed by atoms with Gasteiger partial charge in [0.1, 0.15) is 0 Å². The summed E-state index contributed by atoms with van der Waals surface area (Å²) in [6.07, 6.45) is 4.72. The first kappa shape index (κ1) is 21.5. The molecule has 156 valence electrons. The summed E-state index contributed by atoms with van der Waals surface area (Å²) in [6.45, 7) is 1.22. The van der Waals surface area contributed by atoms with Crippen molar-refractivity contribution in [1.82, 2.24) is 19.2 Å². The van der Waals surface area contributed by atoms with E-state index in [9.17, 15) is 13.2 Å². The van der Waals surface area contributed by atoms with Gasteiger partial charge in [0.2, 0.25) is 16.0 Å². The summed E-state index contributed by atoms with van der Waals surface area (Å²) in [5, 5.41) is 0.493. The number of sulfonamides is 1. The van der Waals surface area contributed by atoms with Crippen LogP contribution in [0.1, 0.15) is 23.2 Å². The molecule has 1 fully saturated rings. The average Bonchev–Trinajstić information content (AvgIpc) is 2.73. The number of aromatic nitrogens is 2. The van der Waals surface area contributed by atoms with Crippen molar-refractivity contribution < 1.29 is 13.2 Å². The number of nitrogens with zero attached hydrogens (tertiary/aromatic N) is 5. The predicted octanol–water partition coefficient (Wildman–Crippen LogP) is 2.12. The van der Waals surface area contributed by atoms with Crippen LogP contribution in [0.3, 0.4) is 0 Å². The van der Waals surface area contributed by atoms with E-state index in [1.54, 1.807) is 29.4 Å². The van der Waals surface area contributed by atoms with Crippen LogP contribution in [0.5, 0.6) is 0 Å². The van der Waals surface area contributed by atoms with Crippen molar-refractivity contribution in [2.75, 3.05) is 39.1 Å². The van der Waals surface area contributed by atoms with Gasteiger partial charge < -0.3 is 9.80 Å². The summed E-state index contributed by atoms with van der Waals surface area (Å²) < 4.78 is 25.5. The highest BCUT2D eigenvalue weighted by Gasteiger charge is 2.27. The van der Waals surface area contributed by atoms with E-state index < -0.39 is 10.0 Å². The molecule has 0 unspecified atom stereocenters. The molecule has 0 spiro atoms. The Bertz CT molecular complexity index is 956. The average molecular weight is 438 g/mol. The third-order valence-corrected chi connectivity index (χ3v) is 7.13. The number of piperidine rings is 1. The van der Waals surface area contributed by atoms with Crippen LogP contribution < -0.4 is 4.90 Å². The van der Waals surface area contributed by atoms with E-state index in [0.717, 1.165) is 17.1 Å². The lowest BCUT2D eigenvalue weighted by molar-refractivity contribution is 0.0713. The van der Waals surface area contributed by atoms with Gasteiger partial charge in [-0.2, -0.15) is 0 Å². The Kier molecular flexibility index (Phi) is 6.40. The van der Waals surface area contributed by atoms with Crippen molar-refractivity contribution in [2.45, 2.75) is 23.8 Å². The van der Waals surface area contributed by atoms with Gasteiger partial charge in [-0.3, -0.25) is 4.79 Å². The molecule has 3 rings (SSSR count). The molecule has 29 heavy (non-hydrogen) atoms. The van der Waals surface area contributed by atoms with E-state index in [2.05, 4.69) is 9.97 Å². The smallest absolute Gasteiger partial charge is 0.253 e. The fourth-order valence-corrected chi connectivity index (χ4v) is 4.27. The highest BCUT2D eigenvalue weighted by Crippen LogP contribution is 2.22. The number of carbonyl (C=O) groups is 1. The van der Waals surface area contributed by atoms with E-state index in [-0.39, 0.29) is 16.8 Å². The standard InChI is InChI=1S/C19H24ClN5O3S/c1-23(2)29(27,28)17-6-4-14(5-7-17)18(26)25-10-8-16(9-11-25)24(3)19-21-12-15(20)13-22-19/h4-7,12-13,16H,8-11H2,1-3H3. The zero-order valence-electron chi connectivity index (χ0n) is 16.6. The van der Waals surface area contributed by atoms with Crippen molar-refractivity contribution in [2.24, 2.45) is 0 Å². The second-order valence-corrected chi connectivity index (χ2v) is 9.74. The lowest BCUT2D eigenvalue weighted by Crippen LogP contribution is -2.46. The van der Waals surface area contributed by atoms with Gasteiger partial charge >= 0.3 is 0 Å². The van der Waals surface area contributed by atoms with E-state index in [4.69, 9.17) is 11.6 Å². The predicted molar refractivity (Wildman–Crippen MR) is 112 cm³/mol. The van der Waals surface area contributed by atoms with Crippen LogP contribution in [0.25, 0.3) is 0 Å². The molecule has 1 saturated heterocycles. The number of anilines is 1. The monoisotopic (exact) mass is 437 g/mol. The van der Waals surface area contributed by atoms with Gasteiger partial charge in [0.05, 0.1) is 22.3 Å². The van der Waals surface area contributed by atoms with Crippen LogP contribution in [-0.2, 0) is 10.0 Å². The van der Waals surface area contributed by atoms with Gasteiger partial charge in [-0.1, -0.05) is 11.6 Å². The van der Waals surface area contributed by atoms with Gasteiger partial charge in [0.15, 0.2) is 0 Å². The minimum atomic E-state index is -3.51. The maximum Gasteiger partial charge on any atom is 0.253 e. The maximum absolute atomic E-state index is 12.8. The first-order chi connectivity index (χ1) is 13.7. The molecule has 0 N–H and O–H groups in total. The van der Waals surface area contributed by atoms with E-state index in [0.29, 0.717) is 29.6 Å². The van der Waals surface area contributed by atoms with Crippen LogP contribution in [0.4, 0.5) is 5.95 Å². The largest absolute Gasteiger partial charge is 0.341 e. The number of likely N-dealkylation sites (tertiary alicyclic amines) is 1. The first-order valence-electron chi connectivity index (χ1n) is 9.22.